The van der Waals surface area contributed by atoms with E-state index in [1.54, 1.807) is 0 Å². The molecule has 0 nitrogen and oxygen atoms in total. The Hall–Kier alpha value is 0.290. The normalized spacial score (nSPS) is 90.5. The van der Waals surface area contributed by atoms with Gasteiger partial charge in [0.2, 0.25) is 0 Å². The Morgan fingerprint density at radius 2 is 1.67 bits per heavy atom. The van der Waals surface area contributed by atoms with Crippen molar-refractivity contribution in [2.24, 2.45) is 10.8 Å². The van der Waals surface area contributed by atoms with Gasteiger partial charge in [-0.05, 0) is 23.7 Å². The zero-order chi connectivity index (χ0) is 3.99. The van der Waals surface area contributed by atoms with Crippen molar-refractivity contribution < 1.29 is 0 Å². The van der Waals surface area contributed by atoms with E-state index >= 15 is 0 Å². The summed E-state index contributed by atoms with van der Waals surface area (Å²) in [5.74, 6) is 0. The molecule has 0 bridgehead atoms. The monoisotopic (exact) mass is 100 g/mol. The summed E-state index contributed by atoms with van der Waals surface area (Å²) < 4.78 is 0. The van der Waals surface area contributed by atoms with Crippen molar-refractivity contribution in [2.45, 2.75) is 18.2 Å². The molecule has 3 saturated carbocycles. The molecule has 0 amide bonds. The van der Waals surface area contributed by atoms with Gasteiger partial charge in [0, 0.05) is 5.38 Å². The van der Waals surface area contributed by atoms with Crippen LogP contribution in [0.2, 0.25) is 0 Å². The van der Waals surface area contributed by atoms with Crippen LogP contribution in [0.15, 0.2) is 0 Å². The third kappa shape index (κ3) is 0.0624. The van der Waals surface area contributed by atoms with E-state index < -0.39 is 0 Å². The summed E-state index contributed by atoms with van der Waals surface area (Å²) in [7, 11) is 0. The quantitative estimate of drug-likeness (QED) is 0.404. The molecule has 32 valence electrons. The van der Waals surface area contributed by atoms with Crippen LogP contribution in [0.25, 0.3) is 0 Å². The van der Waals surface area contributed by atoms with Gasteiger partial charge in [0.1, 0.15) is 0 Å². The fraction of sp³-hybridized carbons (Fsp3) is 1.00. The van der Waals surface area contributed by atoms with Gasteiger partial charge in [-0.3, -0.25) is 0 Å². The molecule has 0 aliphatic heterocycles. The lowest BCUT2D eigenvalue weighted by molar-refractivity contribution is 0.484. The van der Waals surface area contributed by atoms with E-state index in [0.717, 1.165) is 10.8 Å². The minimum atomic E-state index is 0.644. The van der Waals surface area contributed by atoms with Crippen LogP contribution in [0, 0.1) is 10.8 Å². The molecule has 1 heteroatoms. The summed E-state index contributed by atoms with van der Waals surface area (Å²) >= 11 is 5.77. The maximum absolute atomic E-state index is 5.77. The predicted octanol–water partition coefficient (Wildman–Crippen LogP) is 1.39. The van der Waals surface area contributed by atoms with Crippen LogP contribution in [-0.4, -0.2) is 5.38 Å². The second-order valence-electron chi connectivity index (χ2n) is 3.03. The smallest absolute Gasteiger partial charge is 0.0461 e. The van der Waals surface area contributed by atoms with Gasteiger partial charge in [-0.25, -0.2) is 0 Å². The first-order valence-corrected chi connectivity index (χ1v) is 2.90. The molecule has 0 aromatic rings. The van der Waals surface area contributed by atoms with Crippen molar-refractivity contribution in [2.75, 3.05) is 0 Å². The summed E-state index contributed by atoms with van der Waals surface area (Å²) in [4.78, 5) is 0. The number of alkyl halides is 1. The van der Waals surface area contributed by atoms with Crippen molar-refractivity contribution in [3.8, 4) is 0 Å². The van der Waals surface area contributed by atoms with Gasteiger partial charge >= 0.3 is 0 Å². The van der Waals surface area contributed by atoms with Crippen molar-refractivity contribution in [3.05, 3.63) is 0 Å². The molecule has 3 rings (SSSR count). The number of halogens is 1. The largest absolute Gasteiger partial charge is 0.122 e. The van der Waals surface area contributed by atoms with Gasteiger partial charge in [0.15, 0.2) is 0 Å². The summed E-state index contributed by atoms with van der Waals surface area (Å²) in [6.07, 6.45) is 2.96. The molecule has 0 unspecified atom stereocenters. The molecule has 0 atom stereocenters. The highest BCUT2D eigenvalue weighted by molar-refractivity contribution is 6.27. The van der Waals surface area contributed by atoms with Crippen LogP contribution < -0.4 is 0 Å². The Bertz CT molecular complexity index is 119. The molecule has 3 aliphatic carbocycles. The molecule has 0 aromatic carbocycles. The Morgan fingerprint density at radius 3 is 1.67 bits per heavy atom. The highest BCUT2D eigenvalue weighted by atomic mass is 35.5. The first-order valence-electron chi connectivity index (χ1n) is 2.46. The number of hydrogen-bond acceptors (Lipinski definition) is 0. The molecule has 0 aromatic heterocycles. The second kappa shape index (κ2) is 0.326. The Balaban J connectivity index is 2.27. The van der Waals surface area contributed by atoms with Crippen LogP contribution >= 0.6 is 11.6 Å². The lowest BCUT2D eigenvalue weighted by Crippen LogP contribution is -2.09. The molecular weight excluding hydrogens is 95.5 g/mol. The van der Waals surface area contributed by atoms with Crippen molar-refractivity contribution in [1.29, 1.82) is 0 Å². The summed E-state index contributed by atoms with van der Waals surface area (Å²) in [5.41, 5.74) is 1.57. The highest BCUT2D eigenvalue weighted by Gasteiger charge is 3.04. The van der Waals surface area contributed by atoms with Crippen molar-refractivity contribution in [3.63, 3.8) is 0 Å². The molecule has 0 spiro atoms. The number of rotatable bonds is 0. The van der Waals surface area contributed by atoms with Crippen molar-refractivity contribution >= 4 is 11.6 Å². The minimum Gasteiger partial charge on any atom is -0.122 e. The van der Waals surface area contributed by atoms with E-state index in [1.165, 1.54) is 12.8 Å². The van der Waals surface area contributed by atoms with Gasteiger partial charge in [0.05, 0.1) is 0 Å². The van der Waals surface area contributed by atoms with E-state index in [0.29, 0.717) is 5.38 Å². The summed E-state index contributed by atoms with van der Waals surface area (Å²) in [6.45, 7) is 0. The van der Waals surface area contributed by atoms with Crippen LogP contribution in [0.1, 0.15) is 12.8 Å². The Morgan fingerprint density at radius 1 is 1.33 bits per heavy atom. The summed E-state index contributed by atoms with van der Waals surface area (Å²) in [5, 5.41) is 0.644. The molecule has 0 saturated heterocycles. The standard InChI is InChI=1S/C5H5Cl/c6-3-4-1-5(3,4)2-4/h3H,1-2H2. The Kier molecular flexibility index (Phi) is 0.139. The maximum atomic E-state index is 5.77. The fourth-order valence-electron chi connectivity index (χ4n) is 1.76. The van der Waals surface area contributed by atoms with Gasteiger partial charge in [-0.1, -0.05) is 0 Å². The Labute approximate surface area is 41.5 Å². The predicted molar refractivity (Wildman–Crippen MR) is 23.7 cm³/mol. The average molecular weight is 101 g/mol. The van der Waals surface area contributed by atoms with Gasteiger partial charge in [0.25, 0.3) is 0 Å². The van der Waals surface area contributed by atoms with Crippen molar-refractivity contribution in [1.82, 2.24) is 0 Å². The van der Waals surface area contributed by atoms with E-state index in [-0.39, 0.29) is 0 Å². The maximum Gasteiger partial charge on any atom is 0.0461 e. The van der Waals surface area contributed by atoms with E-state index in [1.807, 2.05) is 0 Å². The molecule has 3 aliphatic rings. The van der Waals surface area contributed by atoms with Gasteiger partial charge in [-0.2, -0.15) is 0 Å². The third-order valence-electron chi connectivity index (χ3n) is 2.89. The molecular formula is C5H5Cl. The SMILES string of the molecule is ClC1C23CC12C3. The summed E-state index contributed by atoms with van der Waals surface area (Å²) in [6, 6.07) is 0. The van der Waals surface area contributed by atoms with Crippen LogP contribution in [0.4, 0.5) is 0 Å². The minimum absolute atomic E-state index is 0.644. The second-order valence-corrected chi connectivity index (χ2v) is 3.46. The van der Waals surface area contributed by atoms with Crippen LogP contribution in [-0.2, 0) is 0 Å². The molecule has 3 fully saturated rings. The number of hydrogen-bond donors (Lipinski definition) is 0. The van der Waals surface area contributed by atoms with Gasteiger partial charge in [-0.15, -0.1) is 11.6 Å². The van der Waals surface area contributed by atoms with Crippen LogP contribution in [0.5, 0.6) is 0 Å². The lowest BCUT2D eigenvalue weighted by Gasteiger charge is -2.12. The zero-order valence-electron chi connectivity index (χ0n) is 3.37. The molecule has 6 heavy (non-hydrogen) atoms. The van der Waals surface area contributed by atoms with Crippen LogP contribution in [0.3, 0.4) is 0 Å². The third-order valence-corrected chi connectivity index (χ3v) is 3.73. The topological polar surface area (TPSA) is 0 Å². The lowest BCUT2D eigenvalue weighted by atomic mass is 10.0. The molecule has 0 heterocycles. The van der Waals surface area contributed by atoms with Gasteiger partial charge < -0.3 is 0 Å². The molecule has 0 radical (unpaired) electrons. The highest BCUT2D eigenvalue weighted by Crippen LogP contribution is 3.07. The molecule has 0 N–H and O–H groups in total. The first kappa shape index (κ1) is 2.56. The average Bonchev–Trinajstić information content (AvgIpc) is 2.12. The van der Waals surface area contributed by atoms with E-state index in [2.05, 4.69) is 0 Å². The fourth-order valence-corrected chi connectivity index (χ4v) is 2.44. The first-order chi connectivity index (χ1) is 2.82. The van der Waals surface area contributed by atoms with E-state index in [4.69, 9.17) is 11.6 Å². The van der Waals surface area contributed by atoms with E-state index in [9.17, 15) is 0 Å². The zero-order valence-corrected chi connectivity index (χ0v) is 4.13.